The van der Waals surface area contributed by atoms with Gasteiger partial charge in [0, 0.05) is 11.4 Å². The average molecular weight is 366 g/mol. The summed E-state index contributed by atoms with van der Waals surface area (Å²) in [6.45, 7) is 3.52. The zero-order valence-electron chi connectivity index (χ0n) is 14.4. The number of anilines is 2. The van der Waals surface area contributed by atoms with Gasteiger partial charge in [0.25, 0.3) is 0 Å². The molecule has 0 aliphatic heterocycles. The van der Waals surface area contributed by atoms with E-state index in [0.717, 1.165) is 17.2 Å². The second-order valence-corrected chi connectivity index (χ2v) is 5.83. The Morgan fingerprint density at radius 3 is 2.15 bits per heavy atom. The first-order valence-corrected chi connectivity index (χ1v) is 8.26. The van der Waals surface area contributed by atoms with Gasteiger partial charge in [-0.1, -0.05) is 61.2 Å². The minimum absolute atomic E-state index is 0.202. The molecule has 0 radical (unpaired) electrons. The van der Waals surface area contributed by atoms with Crippen LogP contribution in [-0.2, 0) is 6.18 Å². The number of nitrogens with zero attached hydrogens (tertiary/aromatic N) is 1. The van der Waals surface area contributed by atoms with E-state index in [4.69, 9.17) is 0 Å². The highest BCUT2D eigenvalue weighted by Gasteiger charge is 2.33. The van der Waals surface area contributed by atoms with E-state index in [-0.39, 0.29) is 5.69 Å². The van der Waals surface area contributed by atoms with Crippen LogP contribution in [0.15, 0.2) is 85.5 Å². The lowest BCUT2D eigenvalue weighted by atomic mass is 10.1. The first-order chi connectivity index (χ1) is 13.0. The van der Waals surface area contributed by atoms with E-state index in [9.17, 15) is 13.2 Å². The fourth-order valence-electron chi connectivity index (χ4n) is 2.56. The van der Waals surface area contributed by atoms with Gasteiger partial charge in [-0.05, 0) is 41.5 Å². The number of nitrogens with one attached hydrogen (secondary N) is 1. The highest BCUT2D eigenvalue weighted by molar-refractivity contribution is 5.69. The zero-order chi connectivity index (χ0) is 19.3. The molecule has 27 heavy (non-hydrogen) atoms. The van der Waals surface area contributed by atoms with Crippen LogP contribution in [0, 0.1) is 0 Å². The number of hydrogen-bond donors (Lipinski definition) is 1. The highest BCUT2D eigenvalue weighted by atomic mass is 19.4. The Morgan fingerprint density at radius 1 is 0.852 bits per heavy atom. The van der Waals surface area contributed by atoms with Crippen molar-refractivity contribution in [2.75, 3.05) is 5.32 Å². The number of aromatic nitrogens is 1. The minimum atomic E-state index is -4.52. The average Bonchev–Trinajstić information content (AvgIpc) is 2.67. The molecule has 0 atom stereocenters. The van der Waals surface area contributed by atoms with Crippen molar-refractivity contribution in [3.05, 3.63) is 96.8 Å². The van der Waals surface area contributed by atoms with E-state index in [1.165, 1.54) is 12.2 Å². The second kappa shape index (κ2) is 7.91. The van der Waals surface area contributed by atoms with Crippen molar-refractivity contribution >= 4 is 17.5 Å². The molecule has 0 amide bonds. The molecule has 0 saturated carbocycles. The van der Waals surface area contributed by atoms with Gasteiger partial charge < -0.3 is 5.32 Å². The Hall–Kier alpha value is -3.34. The molecule has 136 valence electrons. The number of halogens is 3. The van der Waals surface area contributed by atoms with E-state index in [1.54, 1.807) is 12.1 Å². The third-order valence-corrected chi connectivity index (χ3v) is 3.82. The molecule has 0 spiro atoms. The van der Waals surface area contributed by atoms with E-state index >= 15 is 0 Å². The van der Waals surface area contributed by atoms with Crippen molar-refractivity contribution in [2.45, 2.75) is 6.18 Å². The summed E-state index contributed by atoms with van der Waals surface area (Å²) in [5, 5.41) is 3.01. The number of pyridine rings is 1. The fourth-order valence-corrected chi connectivity index (χ4v) is 2.56. The number of rotatable bonds is 5. The van der Waals surface area contributed by atoms with Crippen LogP contribution in [0.1, 0.15) is 11.4 Å². The number of benzene rings is 2. The van der Waals surface area contributed by atoms with Crippen LogP contribution in [0.5, 0.6) is 0 Å². The normalized spacial score (nSPS) is 11.5. The van der Waals surface area contributed by atoms with Crippen LogP contribution < -0.4 is 5.32 Å². The summed E-state index contributed by atoms with van der Waals surface area (Å²) in [6, 6.07) is 19.9. The van der Waals surface area contributed by atoms with Crippen molar-refractivity contribution in [3.8, 4) is 11.1 Å². The fraction of sp³-hybridized carbons (Fsp3) is 0.0455. The van der Waals surface area contributed by atoms with Crippen molar-refractivity contribution < 1.29 is 13.2 Å². The van der Waals surface area contributed by atoms with Crippen molar-refractivity contribution in [1.29, 1.82) is 0 Å². The maximum atomic E-state index is 13.1. The Kier molecular flexibility index (Phi) is 5.41. The van der Waals surface area contributed by atoms with Crippen LogP contribution in [0.25, 0.3) is 17.2 Å². The predicted molar refractivity (Wildman–Crippen MR) is 104 cm³/mol. The van der Waals surface area contributed by atoms with Gasteiger partial charge in [0.15, 0.2) is 0 Å². The number of allylic oxidation sites excluding steroid dienone is 2. The van der Waals surface area contributed by atoms with Crippen molar-refractivity contribution in [3.63, 3.8) is 0 Å². The third kappa shape index (κ3) is 4.85. The van der Waals surface area contributed by atoms with Crippen LogP contribution in [0.2, 0.25) is 0 Å². The minimum Gasteiger partial charge on any atom is -0.355 e. The Bertz CT molecular complexity index is 944. The smallest absolute Gasteiger partial charge is 0.355 e. The van der Waals surface area contributed by atoms with E-state index in [0.29, 0.717) is 11.4 Å². The lowest BCUT2D eigenvalue weighted by Gasteiger charge is -2.12. The molecule has 1 heterocycles. The Labute approximate surface area is 155 Å². The van der Waals surface area contributed by atoms with Crippen molar-refractivity contribution in [2.24, 2.45) is 0 Å². The molecule has 1 aromatic heterocycles. The number of hydrogen-bond acceptors (Lipinski definition) is 2. The molecule has 5 heteroatoms. The van der Waals surface area contributed by atoms with Gasteiger partial charge in [-0.25, -0.2) is 4.98 Å². The van der Waals surface area contributed by atoms with Crippen LogP contribution in [0.3, 0.4) is 0 Å². The Morgan fingerprint density at radius 2 is 1.52 bits per heavy atom. The van der Waals surface area contributed by atoms with Gasteiger partial charge in [-0.3, -0.25) is 0 Å². The molecule has 0 fully saturated rings. The summed E-state index contributed by atoms with van der Waals surface area (Å²) in [4.78, 5) is 3.64. The first kappa shape index (κ1) is 18.5. The monoisotopic (exact) mass is 366 g/mol. The summed E-state index contributed by atoms with van der Waals surface area (Å²) in [6.07, 6.45) is -0.0180. The molecule has 0 aliphatic carbocycles. The SMILES string of the molecule is C=C/C=C/c1cc(Nc2ccc(-c3ccccc3)cc2)cc(C(F)(F)F)n1. The standard InChI is InChI=1S/C22H17F3N2/c1-2-3-9-19-14-20(15-21(27-19)22(23,24)25)26-18-12-10-17(11-13-18)16-7-5-4-6-8-16/h2-15H,1H2,(H,26,27)/b9-3+. The molecule has 1 N–H and O–H groups in total. The second-order valence-electron chi connectivity index (χ2n) is 5.83. The maximum Gasteiger partial charge on any atom is 0.433 e. The summed E-state index contributed by atoms with van der Waals surface area (Å²) >= 11 is 0. The Balaban J connectivity index is 1.88. The predicted octanol–water partition coefficient (Wildman–Crippen LogP) is 6.71. The summed E-state index contributed by atoms with van der Waals surface area (Å²) in [5.41, 5.74) is 2.36. The zero-order valence-corrected chi connectivity index (χ0v) is 14.4. The van der Waals surface area contributed by atoms with Gasteiger partial charge >= 0.3 is 6.18 Å². The molecule has 0 aliphatic rings. The van der Waals surface area contributed by atoms with Crippen LogP contribution in [-0.4, -0.2) is 4.98 Å². The molecule has 0 bridgehead atoms. The first-order valence-electron chi connectivity index (χ1n) is 8.26. The van der Waals surface area contributed by atoms with E-state index < -0.39 is 11.9 Å². The van der Waals surface area contributed by atoms with Gasteiger partial charge in [0.2, 0.25) is 0 Å². The van der Waals surface area contributed by atoms with Gasteiger partial charge in [-0.15, -0.1) is 0 Å². The summed E-state index contributed by atoms with van der Waals surface area (Å²) in [5.74, 6) is 0. The molecule has 0 saturated heterocycles. The van der Waals surface area contributed by atoms with E-state index in [1.807, 2.05) is 54.6 Å². The molecular formula is C22H17F3N2. The molecule has 0 unspecified atom stereocenters. The summed E-state index contributed by atoms with van der Waals surface area (Å²) in [7, 11) is 0. The van der Waals surface area contributed by atoms with Crippen LogP contribution >= 0.6 is 0 Å². The molecule has 2 nitrogen and oxygen atoms in total. The summed E-state index contributed by atoms with van der Waals surface area (Å²) < 4.78 is 39.3. The molecule has 2 aromatic carbocycles. The molecular weight excluding hydrogens is 349 g/mol. The van der Waals surface area contributed by atoms with Gasteiger partial charge in [0.05, 0.1) is 5.69 Å². The lowest BCUT2D eigenvalue weighted by molar-refractivity contribution is -0.141. The largest absolute Gasteiger partial charge is 0.433 e. The van der Waals surface area contributed by atoms with Gasteiger partial charge in [-0.2, -0.15) is 13.2 Å². The van der Waals surface area contributed by atoms with E-state index in [2.05, 4.69) is 16.9 Å². The number of alkyl halides is 3. The maximum absolute atomic E-state index is 13.1. The molecule has 3 aromatic rings. The third-order valence-electron chi connectivity index (χ3n) is 3.82. The quantitative estimate of drug-likeness (QED) is 0.508. The van der Waals surface area contributed by atoms with Crippen molar-refractivity contribution in [1.82, 2.24) is 4.98 Å². The topological polar surface area (TPSA) is 24.9 Å². The van der Waals surface area contributed by atoms with Crippen LogP contribution in [0.4, 0.5) is 24.5 Å². The molecule has 3 rings (SSSR count). The lowest BCUT2D eigenvalue weighted by Crippen LogP contribution is -2.09. The highest BCUT2D eigenvalue weighted by Crippen LogP contribution is 2.31. The van der Waals surface area contributed by atoms with Gasteiger partial charge in [0.1, 0.15) is 5.69 Å².